The molecule has 0 aromatic heterocycles. The zero-order valence-corrected chi connectivity index (χ0v) is 12.8. The Hall–Kier alpha value is -1.72. The van der Waals surface area contributed by atoms with E-state index in [1.807, 2.05) is 48.2 Å². The highest BCUT2D eigenvalue weighted by atomic mass is 35.5. The predicted octanol–water partition coefficient (Wildman–Crippen LogP) is 1.97. The van der Waals surface area contributed by atoms with E-state index in [4.69, 9.17) is 11.5 Å². The molecule has 1 aliphatic heterocycles. The Morgan fingerprint density at radius 2 is 1.80 bits per heavy atom. The molecule has 0 spiro atoms. The van der Waals surface area contributed by atoms with Crippen LogP contribution in [0.5, 0.6) is 0 Å². The van der Waals surface area contributed by atoms with Crippen LogP contribution in [0.15, 0.2) is 46.4 Å². The van der Waals surface area contributed by atoms with E-state index in [1.54, 1.807) is 0 Å². The van der Waals surface area contributed by atoms with Gasteiger partial charge in [-0.1, -0.05) is 24.3 Å². The second-order valence-electron chi connectivity index (χ2n) is 4.16. The van der Waals surface area contributed by atoms with E-state index in [-0.39, 0.29) is 30.8 Å². The normalized spacial score (nSPS) is 14.8. The van der Waals surface area contributed by atoms with Gasteiger partial charge in [0.15, 0.2) is 5.96 Å². The summed E-state index contributed by atoms with van der Waals surface area (Å²) in [6.45, 7) is 3.54. The summed E-state index contributed by atoms with van der Waals surface area (Å²) in [4.78, 5) is 10.2. The summed E-state index contributed by atoms with van der Waals surface area (Å²) in [5, 5.41) is 0. The molecule has 0 amide bonds. The van der Waals surface area contributed by atoms with Crippen LogP contribution >= 0.6 is 24.8 Å². The van der Waals surface area contributed by atoms with Crippen LogP contribution in [0.1, 0.15) is 5.56 Å². The minimum Gasteiger partial charge on any atom is -0.369 e. The molecule has 2 rings (SSSR count). The standard InChI is InChI=1S/C13H17N5.2ClH/c1-10-5-4-6-11(9-10)16-12(14)17-13(15)18-7-2-3-8-18;;/h2-6,9H,7-8H2,1H3,(H4,14,15,16,17);2*1H. The fourth-order valence-corrected chi connectivity index (χ4v) is 1.71. The first-order valence-corrected chi connectivity index (χ1v) is 5.80. The fourth-order valence-electron chi connectivity index (χ4n) is 1.71. The summed E-state index contributed by atoms with van der Waals surface area (Å²) in [5.41, 5.74) is 13.5. The second kappa shape index (κ2) is 8.45. The third kappa shape index (κ3) is 5.11. The Morgan fingerprint density at radius 1 is 1.15 bits per heavy atom. The smallest absolute Gasteiger partial charge is 0.223 e. The Morgan fingerprint density at radius 3 is 2.40 bits per heavy atom. The van der Waals surface area contributed by atoms with Gasteiger partial charge in [-0.05, 0) is 24.6 Å². The number of halogens is 2. The van der Waals surface area contributed by atoms with Gasteiger partial charge >= 0.3 is 0 Å². The monoisotopic (exact) mass is 315 g/mol. The van der Waals surface area contributed by atoms with E-state index >= 15 is 0 Å². The molecule has 0 unspecified atom stereocenters. The molecule has 0 bridgehead atoms. The van der Waals surface area contributed by atoms with Crippen LogP contribution < -0.4 is 11.5 Å². The van der Waals surface area contributed by atoms with Crippen molar-refractivity contribution in [3.05, 3.63) is 42.0 Å². The lowest BCUT2D eigenvalue weighted by Crippen LogP contribution is -2.36. The largest absolute Gasteiger partial charge is 0.369 e. The topological polar surface area (TPSA) is 80.0 Å². The van der Waals surface area contributed by atoms with Gasteiger partial charge in [-0.15, -0.1) is 24.8 Å². The summed E-state index contributed by atoms with van der Waals surface area (Å²) < 4.78 is 0. The second-order valence-corrected chi connectivity index (χ2v) is 4.16. The first-order chi connectivity index (χ1) is 8.65. The van der Waals surface area contributed by atoms with Crippen LogP contribution in [0.4, 0.5) is 5.69 Å². The van der Waals surface area contributed by atoms with Crippen molar-refractivity contribution in [2.45, 2.75) is 6.92 Å². The Balaban J connectivity index is 0.00000180. The van der Waals surface area contributed by atoms with Gasteiger partial charge in [0.1, 0.15) is 0 Å². The molecule has 0 radical (unpaired) electrons. The molecule has 1 aromatic rings. The number of nitrogens with zero attached hydrogens (tertiary/aromatic N) is 3. The van der Waals surface area contributed by atoms with Gasteiger partial charge in [-0.2, -0.15) is 4.99 Å². The van der Waals surface area contributed by atoms with Gasteiger partial charge in [0.05, 0.1) is 5.69 Å². The highest BCUT2D eigenvalue weighted by Gasteiger charge is 2.08. The number of hydrogen-bond acceptors (Lipinski definition) is 1. The molecule has 4 N–H and O–H groups in total. The first-order valence-electron chi connectivity index (χ1n) is 5.80. The van der Waals surface area contributed by atoms with Crippen LogP contribution in [-0.4, -0.2) is 29.9 Å². The molecule has 1 aromatic carbocycles. The number of aryl methyl sites for hydroxylation is 1. The predicted molar refractivity (Wildman–Crippen MR) is 89.3 cm³/mol. The van der Waals surface area contributed by atoms with Gasteiger partial charge < -0.3 is 16.4 Å². The quantitative estimate of drug-likeness (QED) is 0.472. The fraction of sp³-hybridized carbons (Fsp3) is 0.231. The minimum atomic E-state index is 0. The molecular weight excluding hydrogens is 297 g/mol. The van der Waals surface area contributed by atoms with Crippen LogP contribution in [0.25, 0.3) is 0 Å². The van der Waals surface area contributed by atoms with E-state index in [0.29, 0.717) is 5.96 Å². The van der Waals surface area contributed by atoms with Crippen molar-refractivity contribution in [2.24, 2.45) is 21.5 Å². The number of benzene rings is 1. The lowest BCUT2D eigenvalue weighted by molar-refractivity contribution is 0.534. The average molecular weight is 316 g/mol. The summed E-state index contributed by atoms with van der Waals surface area (Å²) in [6.07, 6.45) is 4.08. The highest BCUT2D eigenvalue weighted by molar-refractivity contribution is 5.94. The van der Waals surface area contributed by atoms with Crippen molar-refractivity contribution >= 4 is 42.4 Å². The molecule has 0 aliphatic carbocycles. The molecule has 0 saturated heterocycles. The van der Waals surface area contributed by atoms with Crippen molar-refractivity contribution in [1.29, 1.82) is 0 Å². The Kier molecular flexibility index (Phi) is 7.72. The third-order valence-electron chi connectivity index (χ3n) is 2.62. The van der Waals surface area contributed by atoms with E-state index in [0.717, 1.165) is 24.3 Å². The van der Waals surface area contributed by atoms with Gasteiger partial charge in [-0.25, -0.2) is 4.99 Å². The molecule has 110 valence electrons. The van der Waals surface area contributed by atoms with Crippen LogP contribution in [-0.2, 0) is 0 Å². The molecule has 1 heterocycles. The third-order valence-corrected chi connectivity index (χ3v) is 2.62. The maximum Gasteiger partial charge on any atom is 0.223 e. The van der Waals surface area contributed by atoms with Crippen molar-refractivity contribution in [3.8, 4) is 0 Å². The van der Waals surface area contributed by atoms with Gasteiger partial charge in [0.25, 0.3) is 0 Å². The molecular formula is C13H19Cl2N5. The molecule has 7 heteroatoms. The maximum atomic E-state index is 5.84. The number of nitrogens with two attached hydrogens (primary N) is 2. The van der Waals surface area contributed by atoms with Crippen molar-refractivity contribution in [1.82, 2.24) is 4.90 Å². The zero-order valence-electron chi connectivity index (χ0n) is 11.2. The molecule has 0 fully saturated rings. The van der Waals surface area contributed by atoms with Gasteiger partial charge in [0.2, 0.25) is 5.96 Å². The number of hydrogen-bond donors (Lipinski definition) is 2. The van der Waals surface area contributed by atoms with Crippen LogP contribution in [0.2, 0.25) is 0 Å². The maximum absolute atomic E-state index is 5.84. The van der Waals surface area contributed by atoms with E-state index in [9.17, 15) is 0 Å². The van der Waals surface area contributed by atoms with Crippen LogP contribution in [0, 0.1) is 6.92 Å². The summed E-state index contributed by atoms with van der Waals surface area (Å²) in [6, 6.07) is 7.75. The number of aliphatic imine (C=N–C) groups is 2. The van der Waals surface area contributed by atoms with Gasteiger partial charge in [-0.3, -0.25) is 0 Å². The summed E-state index contributed by atoms with van der Waals surface area (Å²) >= 11 is 0. The molecule has 0 atom stereocenters. The van der Waals surface area contributed by atoms with E-state index in [2.05, 4.69) is 9.98 Å². The van der Waals surface area contributed by atoms with Crippen LogP contribution in [0.3, 0.4) is 0 Å². The van der Waals surface area contributed by atoms with Crippen molar-refractivity contribution in [2.75, 3.05) is 13.1 Å². The Labute approximate surface area is 131 Å². The average Bonchev–Trinajstić information content (AvgIpc) is 2.81. The lowest BCUT2D eigenvalue weighted by atomic mass is 10.2. The molecule has 1 aliphatic rings. The number of guanidine groups is 2. The Bertz CT molecular complexity index is 517. The minimum absolute atomic E-state index is 0. The van der Waals surface area contributed by atoms with Crippen molar-refractivity contribution in [3.63, 3.8) is 0 Å². The number of rotatable bonds is 1. The molecule has 5 nitrogen and oxygen atoms in total. The zero-order chi connectivity index (χ0) is 13.0. The summed E-state index contributed by atoms with van der Waals surface area (Å²) in [5.74, 6) is 0.568. The van der Waals surface area contributed by atoms with E-state index < -0.39 is 0 Å². The van der Waals surface area contributed by atoms with Gasteiger partial charge in [0, 0.05) is 13.1 Å². The first kappa shape index (κ1) is 18.3. The molecule has 0 saturated carbocycles. The molecule has 20 heavy (non-hydrogen) atoms. The van der Waals surface area contributed by atoms with Crippen molar-refractivity contribution < 1.29 is 0 Å². The summed E-state index contributed by atoms with van der Waals surface area (Å²) in [7, 11) is 0. The van der Waals surface area contributed by atoms with E-state index in [1.165, 1.54) is 0 Å². The lowest BCUT2D eigenvalue weighted by Gasteiger charge is -2.15. The highest BCUT2D eigenvalue weighted by Crippen LogP contribution is 2.13. The SMILES string of the molecule is Cc1cccc(N=C(N)/N=C(/N)N2CC=CC2)c1.Cl.Cl.